The number of aromatic hydroxyl groups is 1. The summed E-state index contributed by atoms with van der Waals surface area (Å²) in [5.41, 5.74) is 0.334. The molecule has 0 saturated carbocycles. The van der Waals surface area contributed by atoms with E-state index in [1.807, 2.05) is 0 Å². The Bertz CT molecular complexity index is 916. The van der Waals surface area contributed by atoms with Crippen molar-refractivity contribution in [1.29, 1.82) is 0 Å². The molecule has 0 radical (unpaired) electrons. The van der Waals surface area contributed by atoms with Gasteiger partial charge in [-0.25, -0.2) is 0 Å². The van der Waals surface area contributed by atoms with Crippen LogP contribution in [0.2, 0.25) is 5.02 Å². The standard InChI is InChI=1S/C17H14ClN3O5S/c1-26-12-5-2-10(3-6-12)4-7-15(22)20-17(27)19-14-9-11(21(24)25)8-13(18)16(14)23/h2-9,23H,1H3,(H2,19,20,22,27). The second-order valence-corrected chi connectivity index (χ2v) is 5.95. The number of anilines is 1. The normalized spacial score (nSPS) is 10.4. The van der Waals surface area contributed by atoms with Crippen molar-refractivity contribution in [3.8, 4) is 11.5 Å². The van der Waals surface area contributed by atoms with Crippen LogP contribution in [0.5, 0.6) is 11.5 Å². The van der Waals surface area contributed by atoms with Crippen LogP contribution >= 0.6 is 23.8 Å². The Morgan fingerprint density at radius 2 is 2.00 bits per heavy atom. The molecule has 27 heavy (non-hydrogen) atoms. The third-order valence-electron chi connectivity index (χ3n) is 3.29. The summed E-state index contributed by atoms with van der Waals surface area (Å²) in [6.45, 7) is 0. The number of nitrogens with one attached hydrogen (secondary N) is 2. The number of rotatable bonds is 5. The number of nitro groups is 1. The summed E-state index contributed by atoms with van der Waals surface area (Å²) < 4.78 is 5.04. The number of halogens is 1. The highest BCUT2D eigenvalue weighted by Gasteiger charge is 2.16. The Kier molecular flexibility index (Phi) is 6.69. The first-order chi connectivity index (χ1) is 12.8. The Morgan fingerprint density at radius 1 is 1.33 bits per heavy atom. The fourth-order valence-electron chi connectivity index (χ4n) is 1.98. The predicted molar refractivity (Wildman–Crippen MR) is 106 cm³/mol. The number of phenols is 1. The molecule has 10 heteroatoms. The first kappa shape index (κ1) is 20.1. The zero-order valence-electron chi connectivity index (χ0n) is 13.9. The zero-order chi connectivity index (χ0) is 20.0. The molecule has 0 heterocycles. The van der Waals surface area contributed by atoms with Crippen molar-refractivity contribution in [3.63, 3.8) is 0 Å². The lowest BCUT2D eigenvalue weighted by Gasteiger charge is -2.10. The van der Waals surface area contributed by atoms with Crippen LogP contribution in [0.3, 0.4) is 0 Å². The van der Waals surface area contributed by atoms with Crippen molar-refractivity contribution in [2.75, 3.05) is 12.4 Å². The van der Waals surface area contributed by atoms with E-state index in [2.05, 4.69) is 10.6 Å². The van der Waals surface area contributed by atoms with Gasteiger partial charge in [0.05, 0.1) is 22.7 Å². The zero-order valence-corrected chi connectivity index (χ0v) is 15.5. The Balaban J connectivity index is 2.01. The number of carbonyl (C=O) groups is 1. The molecule has 0 aliphatic heterocycles. The number of amides is 1. The smallest absolute Gasteiger partial charge is 0.273 e. The molecule has 0 spiro atoms. The minimum absolute atomic E-state index is 0.0985. The lowest BCUT2D eigenvalue weighted by Crippen LogP contribution is -2.32. The predicted octanol–water partition coefficient (Wildman–Crippen LogP) is 3.49. The number of nitro benzene ring substituents is 1. The molecule has 0 bridgehead atoms. The number of hydrogen-bond donors (Lipinski definition) is 3. The fraction of sp³-hybridized carbons (Fsp3) is 0.0588. The van der Waals surface area contributed by atoms with Gasteiger partial charge in [-0.1, -0.05) is 23.7 Å². The van der Waals surface area contributed by atoms with E-state index in [1.54, 1.807) is 37.5 Å². The number of carbonyl (C=O) groups excluding carboxylic acids is 1. The summed E-state index contributed by atoms with van der Waals surface area (Å²) >= 11 is 10.7. The molecule has 2 aromatic carbocycles. The van der Waals surface area contributed by atoms with E-state index in [9.17, 15) is 20.0 Å². The van der Waals surface area contributed by atoms with E-state index < -0.39 is 16.6 Å². The van der Waals surface area contributed by atoms with Crippen molar-refractivity contribution in [3.05, 3.63) is 63.2 Å². The van der Waals surface area contributed by atoms with Crippen LogP contribution in [0, 0.1) is 10.1 Å². The molecule has 0 atom stereocenters. The highest BCUT2D eigenvalue weighted by atomic mass is 35.5. The van der Waals surface area contributed by atoms with Crippen LogP contribution in [0.1, 0.15) is 5.56 Å². The van der Waals surface area contributed by atoms with Gasteiger partial charge in [0.25, 0.3) is 5.69 Å². The van der Waals surface area contributed by atoms with Crippen LogP contribution in [0.4, 0.5) is 11.4 Å². The molecule has 0 aromatic heterocycles. The van der Waals surface area contributed by atoms with E-state index in [-0.39, 0.29) is 21.5 Å². The van der Waals surface area contributed by atoms with Crippen LogP contribution in [-0.2, 0) is 4.79 Å². The van der Waals surface area contributed by atoms with Gasteiger partial charge in [0.1, 0.15) is 5.75 Å². The maximum Gasteiger partial charge on any atom is 0.273 e. The van der Waals surface area contributed by atoms with Crippen molar-refractivity contribution < 1.29 is 19.6 Å². The quantitative estimate of drug-likeness (QED) is 0.228. The summed E-state index contributed by atoms with van der Waals surface area (Å²) in [5, 5.41) is 25.2. The number of ether oxygens (including phenoxy) is 1. The van der Waals surface area contributed by atoms with E-state index in [4.69, 9.17) is 28.6 Å². The third-order valence-corrected chi connectivity index (χ3v) is 3.78. The molecule has 0 aliphatic carbocycles. The number of non-ortho nitro benzene ring substituents is 1. The Morgan fingerprint density at radius 3 is 2.59 bits per heavy atom. The second kappa shape index (κ2) is 8.97. The van der Waals surface area contributed by atoms with Crippen LogP contribution in [0.25, 0.3) is 6.08 Å². The van der Waals surface area contributed by atoms with Crippen molar-refractivity contribution in [1.82, 2.24) is 5.32 Å². The van der Waals surface area contributed by atoms with E-state index >= 15 is 0 Å². The maximum absolute atomic E-state index is 11.9. The molecule has 1 amide bonds. The molecule has 3 N–H and O–H groups in total. The van der Waals surface area contributed by atoms with Gasteiger partial charge in [-0.15, -0.1) is 0 Å². The third kappa shape index (κ3) is 5.66. The largest absolute Gasteiger partial charge is 0.504 e. The first-order valence-electron chi connectivity index (χ1n) is 7.41. The SMILES string of the molecule is COc1ccc(C=CC(=O)NC(=S)Nc2cc([N+](=O)[O-])cc(Cl)c2O)cc1. The van der Waals surface area contributed by atoms with Crippen molar-refractivity contribution in [2.24, 2.45) is 0 Å². The monoisotopic (exact) mass is 407 g/mol. The van der Waals surface area contributed by atoms with Crippen molar-refractivity contribution in [2.45, 2.75) is 0 Å². The number of methoxy groups -OCH3 is 1. The number of thiocarbonyl (C=S) groups is 1. The highest BCUT2D eigenvalue weighted by Crippen LogP contribution is 2.35. The van der Waals surface area contributed by atoms with Gasteiger partial charge in [-0.3, -0.25) is 20.2 Å². The average molecular weight is 408 g/mol. The molecular formula is C17H14ClN3O5S. The van der Waals surface area contributed by atoms with Gasteiger partial charge < -0.3 is 15.2 Å². The van der Waals surface area contributed by atoms with Gasteiger partial charge in [0.15, 0.2) is 10.9 Å². The molecule has 2 rings (SSSR count). The topological polar surface area (TPSA) is 114 Å². The maximum atomic E-state index is 11.9. The fourth-order valence-corrected chi connectivity index (χ4v) is 2.40. The van der Waals surface area contributed by atoms with Crippen LogP contribution < -0.4 is 15.4 Å². The molecule has 0 saturated heterocycles. The van der Waals surface area contributed by atoms with Gasteiger partial charge in [0, 0.05) is 18.2 Å². The Hall–Kier alpha value is -3.17. The average Bonchev–Trinajstić information content (AvgIpc) is 2.63. The lowest BCUT2D eigenvalue weighted by atomic mass is 10.2. The molecule has 0 fully saturated rings. The molecule has 0 unspecified atom stereocenters. The lowest BCUT2D eigenvalue weighted by molar-refractivity contribution is -0.384. The van der Waals surface area contributed by atoms with E-state index in [0.29, 0.717) is 5.75 Å². The van der Waals surface area contributed by atoms with E-state index in [0.717, 1.165) is 17.7 Å². The highest BCUT2D eigenvalue weighted by molar-refractivity contribution is 7.80. The molecule has 140 valence electrons. The van der Waals surface area contributed by atoms with Gasteiger partial charge in [-0.2, -0.15) is 0 Å². The molecule has 8 nitrogen and oxygen atoms in total. The van der Waals surface area contributed by atoms with Gasteiger partial charge in [-0.05, 0) is 36.0 Å². The first-order valence-corrected chi connectivity index (χ1v) is 8.19. The summed E-state index contributed by atoms with van der Waals surface area (Å²) in [6, 6.07) is 9.08. The minimum Gasteiger partial charge on any atom is -0.504 e. The van der Waals surface area contributed by atoms with Crippen LogP contribution in [-0.4, -0.2) is 28.2 Å². The van der Waals surface area contributed by atoms with E-state index in [1.165, 1.54) is 6.08 Å². The summed E-state index contributed by atoms with van der Waals surface area (Å²) in [5.74, 6) is -0.260. The number of hydrogen-bond acceptors (Lipinski definition) is 6. The molecule has 2 aromatic rings. The molecule has 0 aliphatic rings. The second-order valence-electron chi connectivity index (χ2n) is 5.13. The van der Waals surface area contributed by atoms with Crippen molar-refractivity contribution >= 4 is 52.3 Å². The number of benzene rings is 2. The Labute approximate surface area is 164 Å². The van der Waals surface area contributed by atoms with Crippen LogP contribution in [0.15, 0.2) is 42.5 Å². The van der Waals surface area contributed by atoms with Gasteiger partial charge in [0.2, 0.25) is 5.91 Å². The van der Waals surface area contributed by atoms with Gasteiger partial charge >= 0.3 is 0 Å². The summed E-state index contributed by atoms with van der Waals surface area (Å²) in [7, 11) is 1.55. The number of nitrogens with zero attached hydrogens (tertiary/aromatic N) is 1. The summed E-state index contributed by atoms with van der Waals surface area (Å²) in [6.07, 6.45) is 2.83. The summed E-state index contributed by atoms with van der Waals surface area (Å²) in [4.78, 5) is 22.1. The number of phenolic OH excluding ortho intramolecular Hbond substituents is 1. The molecular weight excluding hydrogens is 394 g/mol. The minimum atomic E-state index is -0.671.